The molecule has 2 N–H and O–H groups in total. The molecule has 0 saturated carbocycles. The SMILES string of the molecule is CNc1cc(C(=O)NCCc2ccn(C)n2)ccn1. The number of amides is 1. The van der Waals surface area contributed by atoms with E-state index in [-0.39, 0.29) is 5.91 Å². The van der Waals surface area contributed by atoms with Crippen molar-refractivity contribution in [1.82, 2.24) is 20.1 Å². The Morgan fingerprint density at radius 3 is 2.95 bits per heavy atom. The predicted molar refractivity (Wildman–Crippen MR) is 73.0 cm³/mol. The van der Waals surface area contributed by atoms with Crippen molar-refractivity contribution in [1.29, 1.82) is 0 Å². The number of aromatic nitrogens is 3. The van der Waals surface area contributed by atoms with Gasteiger partial charge in [0.15, 0.2) is 0 Å². The molecule has 0 aromatic carbocycles. The Labute approximate surface area is 111 Å². The van der Waals surface area contributed by atoms with Gasteiger partial charge in [-0.1, -0.05) is 0 Å². The Kier molecular flexibility index (Phi) is 4.12. The summed E-state index contributed by atoms with van der Waals surface area (Å²) in [6.07, 6.45) is 4.22. The van der Waals surface area contributed by atoms with Crippen LogP contribution in [0.15, 0.2) is 30.6 Å². The van der Waals surface area contributed by atoms with Gasteiger partial charge in [-0.15, -0.1) is 0 Å². The summed E-state index contributed by atoms with van der Waals surface area (Å²) in [6, 6.07) is 5.35. The molecule has 0 radical (unpaired) electrons. The second-order valence-electron chi connectivity index (χ2n) is 4.17. The predicted octanol–water partition coefficient (Wildman–Crippen LogP) is 0.829. The molecule has 0 aliphatic heterocycles. The summed E-state index contributed by atoms with van der Waals surface area (Å²) in [5.41, 5.74) is 1.56. The van der Waals surface area contributed by atoms with Gasteiger partial charge in [-0.05, 0) is 18.2 Å². The molecule has 0 spiro atoms. The third-order valence-electron chi connectivity index (χ3n) is 2.71. The number of aryl methyl sites for hydroxylation is 1. The number of anilines is 1. The Morgan fingerprint density at radius 2 is 2.26 bits per heavy atom. The van der Waals surface area contributed by atoms with Crippen LogP contribution < -0.4 is 10.6 Å². The molecule has 0 saturated heterocycles. The fraction of sp³-hybridized carbons (Fsp3) is 0.308. The van der Waals surface area contributed by atoms with Crippen molar-refractivity contribution in [2.24, 2.45) is 7.05 Å². The van der Waals surface area contributed by atoms with E-state index in [1.165, 1.54) is 0 Å². The Hall–Kier alpha value is -2.37. The number of hydrogen-bond acceptors (Lipinski definition) is 4. The molecule has 2 rings (SSSR count). The van der Waals surface area contributed by atoms with Crippen molar-refractivity contribution in [2.75, 3.05) is 18.9 Å². The molecule has 0 bridgehead atoms. The second-order valence-corrected chi connectivity index (χ2v) is 4.17. The van der Waals surface area contributed by atoms with Crippen LogP contribution in [0, 0.1) is 0 Å². The van der Waals surface area contributed by atoms with Gasteiger partial charge in [0, 0.05) is 45.0 Å². The molecule has 6 heteroatoms. The van der Waals surface area contributed by atoms with Crippen LogP contribution >= 0.6 is 0 Å². The molecule has 0 atom stereocenters. The van der Waals surface area contributed by atoms with E-state index in [9.17, 15) is 4.79 Å². The minimum absolute atomic E-state index is 0.102. The van der Waals surface area contributed by atoms with E-state index in [2.05, 4.69) is 20.7 Å². The van der Waals surface area contributed by atoms with Gasteiger partial charge in [-0.25, -0.2) is 4.98 Å². The summed E-state index contributed by atoms with van der Waals surface area (Å²) < 4.78 is 1.75. The lowest BCUT2D eigenvalue weighted by atomic mass is 10.2. The maximum Gasteiger partial charge on any atom is 0.251 e. The fourth-order valence-electron chi connectivity index (χ4n) is 1.71. The molecule has 0 unspecified atom stereocenters. The maximum atomic E-state index is 11.9. The smallest absolute Gasteiger partial charge is 0.251 e. The van der Waals surface area contributed by atoms with Crippen LogP contribution in [0.1, 0.15) is 16.1 Å². The van der Waals surface area contributed by atoms with Crippen molar-refractivity contribution >= 4 is 11.7 Å². The van der Waals surface area contributed by atoms with Gasteiger partial charge in [-0.3, -0.25) is 9.48 Å². The highest BCUT2D eigenvalue weighted by Crippen LogP contribution is 2.05. The molecule has 0 fully saturated rings. The van der Waals surface area contributed by atoms with Gasteiger partial charge >= 0.3 is 0 Å². The van der Waals surface area contributed by atoms with Gasteiger partial charge < -0.3 is 10.6 Å². The van der Waals surface area contributed by atoms with E-state index in [1.807, 2.05) is 19.3 Å². The van der Waals surface area contributed by atoms with E-state index in [0.29, 0.717) is 17.9 Å². The van der Waals surface area contributed by atoms with Gasteiger partial charge in [0.05, 0.1) is 5.69 Å². The van der Waals surface area contributed by atoms with Crippen molar-refractivity contribution in [3.63, 3.8) is 0 Å². The quantitative estimate of drug-likeness (QED) is 0.834. The van der Waals surface area contributed by atoms with Crippen molar-refractivity contribution in [3.8, 4) is 0 Å². The summed E-state index contributed by atoms with van der Waals surface area (Å²) in [6.45, 7) is 0.563. The maximum absolute atomic E-state index is 11.9. The molecular weight excluding hydrogens is 242 g/mol. The third kappa shape index (κ3) is 3.54. The molecular formula is C13H17N5O. The number of carbonyl (C=O) groups excluding carboxylic acids is 1. The van der Waals surface area contributed by atoms with Gasteiger partial charge in [0.1, 0.15) is 5.82 Å². The van der Waals surface area contributed by atoms with E-state index >= 15 is 0 Å². The fourth-order valence-corrected chi connectivity index (χ4v) is 1.71. The second kappa shape index (κ2) is 5.99. The largest absolute Gasteiger partial charge is 0.373 e. The van der Waals surface area contributed by atoms with E-state index < -0.39 is 0 Å². The van der Waals surface area contributed by atoms with Crippen LogP contribution in [0.2, 0.25) is 0 Å². The first kappa shape index (κ1) is 13.1. The van der Waals surface area contributed by atoms with Gasteiger partial charge in [-0.2, -0.15) is 5.10 Å². The number of rotatable bonds is 5. The first-order valence-electron chi connectivity index (χ1n) is 6.09. The zero-order valence-electron chi connectivity index (χ0n) is 11.1. The summed E-state index contributed by atoms with van der Waals surface area (Å²) in [5.74, 6) is 0.576. The van der Waals surface area contributed by atoms with E-state index in [1.54, 1.807) is 30.1 Å². The van der Waals surface area contributed by atoms with Crippen LogP contribution in [0.3, 0.4) is 0 Å². The number of hydrogen-bond donors (Lipinski definition) is 2. The van der Waals surface area contributed by atoms with Crippen molar-refractivity contribution in [2.45, 2.75) is 6.42 Å². The average Bonchev–Trinajstić information content (AvgIpc) is 2.84. The minimum atomic E-state index is -0.102. The Balaban J connectivity index is 1.87. The topological polar surface area (TPSA) is 71.8 Å². The lowest BCUT2D eigenvalue weighted by Gasteiger charge is -2.05. The lowest BCUT2D eigenvalue weighted by molar-refractivity contribution is 0.0954. The molecule has 6 nitrogen and oxygen atoms in total. The van der Waals surface area contributed by atoms with Crippen LogP contribution in [0.5, 0.6) is 0 Å². The molecule has 2 aromatic rings. The molecule has 1 amide bonds. The average molecular weight is 259 g/mol. The number of carbonyl (C=O) groups is 1. The number of nitrogens with one attached hydrogen (secondary N) is 2. The summed E-state index contributed by atoms with van der Waals surface area (Å²) >= 11 is 0. The molecule has 0 aliphatic carbocycles. The first-order chi connectivity index (χ1) is 9.19. The lowest BCUT2D eigenvalue weighted by Crippen LogP contribution is -2.25. The normalized spacial score (nSPS) is 10.2. The molecule has 0 aliphatic rings. The zero-order chi connectivity index (χ0) is 13.7. The van der Waals surface area contributed by atoms with Gasteiger partial charge in [0.2, 0.25) is 0 Å². The highest BCUT2D eigenvalue weighted by Gasteiger charge is 2.06. The molecule has 2 heterocycles. The van der Waals surface area contributed by atoms with E-state index in [4.69, 9.17) is 0 Å². The minimum Gasteiger partial charge on any atom is -0.373 e. The Bertz CT molecular complexity index is 564. The van der Waals surface area contributed by atoms with Crippen molar-refractivity contribution in [3.05, 3.63) is 41.9 Å². The molecule has 100 valence electrons. The monoisotopic (exact) mass is 259 g/mol. The molecule has 2 aromatic heterocycles. The third-order valence-corrected chi connectivity index (χ3v) is 2.71. The Morgan fingerprint density at radius 1 is 1.42 bits per heavy atom. The number of nitrogens with zero attached hydrogens (tertiary/aromatic N) is 3. The van der Waals surface area contributed by atoms with Gasteiger partial charge in [0.25, 0.3) is 5.91 Å². The van der Waals surface area contributed by atoms with Crippen LogP contribution in [-0.2, 0) is 13.5 Å². The zero-order valence-corrected chi connectivity index (χ0v) is 11.1. The number of pyridine rings is 1. The van der Waals surface area contributed by atoms with Crippen molar-refractivity contribution < 1.29 is 4.79 Å². The highest BCUT2D eigenvalue weighted by molar-refractivity contribution is 5.94. The van der Waals surface area contributed by atoms with E-state index in [0.717, 1.165) is 12.1 Å². The first-order valence-corrected chi connectivity index (χ1v) is 6.09. The standard InChI is InChI=1S/C13H17N5O/c1-14-12-9-10(3-6-15-12)13(19)16-7-4-11-5-8-18(2)17-11/h3,5-6,8-9H,4,7H2,1-2H3,(H,14,15)(H,16,19). The van der Waals surface area contributed by atoms with Crippen LogP contribution in [-0.4, -0.2) is 34.3 Å². The molecule has 19 heavy (non-hydrogen) atoms. The summed E-state index contributed by atoms with van der Waals surface area (Å²) in [7, 11) is 3.64. The van der Waals surface area contributed by atoms with Crippen LogP contribution in [0.4, 0.5) is 5.82 Å². The highest BCUT2D eigenvalue weighted by atomic mass is 16.1. The van der Waals surface area contributed by atoms with Crippen LogP contribution in [0.25, 0.3) is 0 Å². The summed E-state index contributed by atoms with van der Waals surface area (Å²) in [4.78, 5) is 16.0. The summed E-state index contributed by atoms with van der Waals surface area (Å²) in [5, 5.41) is 10.0.